The van der Waals surface area contributed by atoms with Crippen molar-refractivity contribution in [3.63, 3.8) is 0 Å². The molecule has 0 aliphatic heterocycles. The van der Waals surface area contributed by atoms with Crippen LogP contribution in [0.5, 0.6) is 0 Å². The van der Waals surface area contributed by atoms with E-state index in [2.05, 4.69) is 31.9 Å². The van der Waals surface area contributed by atoms with E-state index in [0.717, 1.165) is 22.3 Å². The van der Waals surface area contributed by atoms with Gasteiger partial charge in [0, 0.05) is 12.5 Å². The second kappa shape index (κ2) is 21.5. The van der Waals surface area contributed by atoms with Crippen LogP contribution in [0.1, 0.15) is 64.0 Å². The number of rotatable bonds is 20. The van der Waals surface area contributed by atoms with Crippen molar-refractivity contribution in [2.75, 3.05) is 32.8 Å². The lowest BCUT2D eigenvalue weighted by atomic mass is 9.98. The molecule has 314 valence electrons. The number of ether oxygens (including phenoxy) is 3. The molecule has 58 heavy (non-hydrogen) atoms. The fraction of sp³-hybridized carbons (Fsp3) is 0.447. The molecular formula is C38H49N7O13. The zero-order valence-corrected chi connectivity index (χ0v) is 32.5. The maximum absolute atomic E-state index is 13.0. The van der Waals surface area contributed by atoms with Crippen molar-refractivity contribution in [3.8, 4) is 11.1 Å². The van der Waals surface area contributed by atoms with E-state index in [4.69, 9.17) is 19.9 Å². The highest BCUT2D eigenvalue weighted by Crippen LogP contribution is 2.44. The van der Waals surface area contributed by atoms with E-state index in [1.165, 1.54) is 6.92 Å². The molecule has 9 N–H and O–H groups in total. The molecule has 0 bridgehead atoms. The molecule has 2 aromatic rings. The van der Waals surface area contributed by atoms with Crippen molar-refractivity contribution >= 4 is 53.7 Å². The van der Waals surface area contributed by atoms with Crippen LogP contribution in [-0.2, 0) is 47.8 Å². The molecule has 0 spiro atoms. The van der Waals surface area contributed by atoms with Crippen LogP contribution in [0.25, 0.3) is 11.1 Å². The summed E-state index contributed by atoms with van der Waals surface area (Å²) in [6.45, 7) is 4.48. The van der Waals surface area contributed by atoms with Gasteiger partial charge in [-0.1, -0.05) is 48.5 Å². The Morgan fingerprint density at radius 3 is 1.93 bits per heavy atom. The first kappa shape index (κ1) is 45.7. The van der Waals surface area contributed by atoms with Gasteiger partial charge in [-0.2, -0.15) is 0 Å². The van der Waals surface area contributed by atoms with Gasteiger partial charge in [0.25, 0.3) is 0 Å². The Bertz CT molecular complexity index is 1820. The molecule has 0 saturated heterocycles. The molecule has 20 heteroatoms. The number of nitrogens with two attached hydrogens (primary N) is 1. The first-order chi connectivity index (χ1) is 27.3. The van der Waals surface area contributed by atoms with Gasteiger partial charge in [-0.3, -0.25) is 28.8 Å². The number of benzene rings is 2. The fourth-order valence-corrected chi connectivity index (χ4v) is 5.58. The van der Waals surface area contributed by atoms with E-state index >= 15 is 0 Å². The van der Waals surface area contributed by atoms with Gasteiger partial charge in [0.05, 0.1) is 25.9 Å². The van der Waals surface area contributed by atoms with Gasteiger partial charge in [-0.05, 0) is 56.4 Å². The minimum absolute atomic E-state index is 0.0758. The van der Waals surface area contributed by atoms with E-state index in [1.54, 1.807) is 20.8 Å². The zero-order valence-electron chi connectivity index (χ0n) is 32.5. The third-order valence-corrected chi connectivity index (χ3v) is 8.29. The summed E-state index contributed by atoms with van der Waals surface area (Å²) in [5.41, 5.74) is 7.97. The van der Waals surface area contributed by atoms with Crippen LogP contribution in [0.15, 0.2) is 48.5 Å². The quantitative estimate of drug-likeness (QED) is 0.0642. The number of hydrogen-bond donors (Lipinski definition) is 8. The van der Waals surface area contributed by atoms with E-state index in [9.17, 15) is 48.3 Å². The summed E-state index contributed by atoms with van der Waals surface area (Å²) in [6, 6.07) is 11.2. The summed E-state index contributed by atoms with van der Waals surface area (Å²) in [7, 11) is 0. The summed E-state index contributed by atoms with van der Waals surface area (Å²) in [6.07, 6.45) is -3.30. The number of carbonyl (C=O) groups excluding carboxylic acids is 8. The van der Waals surface area contributed by atoms with Crippen molar-refractivity contribution in [2.24, 2.45) is 5.73 Å². The molecule has 0 radical (unpaired) electrons. The van der Waals surface area contributed by atoms with Crippen LogP contribution in [0, 0.1) is 0 Å². The Balaban J connectivity index is 1.43. The molecule has 0 saturated carbocycles. The summed E-state index contributed by atoms with van der Waals surface area (Å²) in [5.74, 6) is -6.49. The molecule has 0 aromatic heterocycles. The minimum atomic E-state index is -1.68. The summed E-state index contributed by atoms with van der Waals surface area (Å²) in [5, 5.41) is 23.5. The highest BCUT2D eigenvalue weighted by molar-refractivity contribution is 5.93. The number of amides is 7. The van der Waals surface area contributed by atoms with Crippen LogP contribution in [0.3, 0.4) is 0 Å². The van der Waals surface area contributed by atoms with E-state index < -0.39 is 104 Å². The topological polar surface area (TPSA) is 300 Å². The molecule has 1 aliphatic rings. The molecule has 0 fully saturated rings. The van der Waals surface area contributed by atoms with Crippen LogP contribution in [0.2, 0.25) is 0 Å². The van der Waals surface area contributed by atoms with Gasteiger partial charge in [0.2, 0.25) is 29.5 Å². The average Bonchev–Trinajstić information content (AvgIpc) is 3.47. The van der Waals surface area contributed by atoms with Crippen LogP contribution < -0.4 is 37.6 Å². The number of aliphatic carboxylic acids is 1. The molecule has 3 atom stereocenters. The second-order valence-corrected chi connectivity index (χ2v) is 14.1. The van der Waals surface area contributed by atoms with Gasteiger partial charge in [-0.25, -0.2) is 14.4 Å². The zero-order chi connectivity index (χ0) is 43.0. The van der Waals surface area contributed by atoms with Crippen molar-refractivity contribution in [3.05, 3.63) is 59.7 Å². The Morgan fingerprint density at radius 2 is 1.34 bits per heavy atom. The minimum Gasteiger partial charge on any atom is -0.480 e. The third kappa shape index (κ3) is 15.1. The van der Waals surface area contributed by atoms with Crippen molar-refractivity contribution in [1.29, 1.82) is 0 Å². The van der Waals surface area contributed by atoms with Gasteiger partial charge in [0.1, 0.15) is 36.9 Å². The molecule has 1 aliphatic carbocycles. The first-order valence-electron chi connectivity index (χ1n) is 18.2. The monoisotopic (exact) mass is 811 g/mol. The molecule has 20 nitrogen and oxygen atoms in total. The fourth-order valence-electron chi connectivity index (χ4n) is 5.58. The van der Waals surface area contributed by atoms with Crippen molar-refractivity contribution in [2.45, 2.75) is 76.6 Å². The number of fused-ring (bicyclic) bond motifs is 3. The molecule has 7 amide bonds. The smallest absolute Gasteiger partial charge is 0.408 e. The first-order valence-corrected chi connectivity index (χ1v) is 18.2. The maximum atomic E-state index is 13.0. The van der Waals surface area contributed by atoms with Crippen molar-refractivity contribution < 1.29 is 62.5 Å². The second-order valence-electron chi connectivity index (χ2n) is 14.1. The van der Waals surface area contributed by atoms with Crippen LogP contribution in [-0.4, -0.2) is 115 Å². The van der Waals surface area contributed by atoms with E-state index in [0.29, 0.717) is 0 Å². The summed E-state index contributed by atoms with van der Waals surface area (Å²) >= 11 is 0. The lowest BCUT2D eigenvalue weighted by molar-refractivity contribution is -0.150. The molecular weight excluding hydrogens is 762 g/mol. The Morgan fingerprint density at radius 1 is 0.741 bits per heavy atom. The van der Waals surface area contributed by atoms with Crippen LogP contribution in [0.4, 0.5) is 9.59 Å². The lowest BCUT2D eigenvalue weighted by Gasteiger charge is -2.24. The van der Waals surface area contributed by atoms with E-state index in [-0.39, 0.29) is 31.9 Å². The largest absolute Gasteiger partial charge is 0.480 e. The highest BCUT2D eigenvalue weighted by Gasteiger charge is 2.31. The summed E-state index contributed by atoms with van der Waals surface area (Å²) in [4.78, 5) is 110. The number of alkyl carbamates (subject to hydrolysis) is 2. The van der Waals surface area contributed by atoms with E-state index in [1.807, 2.05) is 48.5 Å². The Labute approximate surface area is 333 Å². The summed E-state index contributed by atoms with van der Waals surface area (Å²) < 4.78 is 15.6. The predicted octanol–water partition coefficient (Wildman–Crippen LogP) is -0.0763. The Hall–Kier alpha value is -6.73. The number of carbonyl (C=O) groups is 9. The predicted molar refractivity (Wildman–Crippen MR) is 203 cm³/mol. The number of hydrogen-bond acceptors (Lipinski definition) is 12. The number of esters is 1. The highest BCUT2D eigenvalue weighted by atomic mass is 16.6. The normalized spacial score (nSPS) is 13.2. The number of carboxylic acids is 1. The molecule has 3 rings (SSSR count). The SMILES string of the molecule is C[C@H](NC(=O)[C@@H](CCNC(=O)CCOC(=O)C[C@H](NC(=O)OCC1c2ccccc2-c2ccccc21)C(=O)O)NC(=O)OC(C)(C)C)C(=O)NCC(=O)NCC(N)=O. The molecule has 0 heterocycles. The van der Waals surface area contributed by atoms with Crippen molar-refractivity contribution in [1.82, 2.24) is 31.9 Å². The van der Waals surface area contributed by atoms with Crippen LogP contribution >= 0.6 is 0 Å². The molecule has 2 aromatic carbocycles. The lowest BCUT2D eigenvalue weighted by Crippen LogP contribution is -2.54. The molecule has 0 unspecified atom stereocenters. The number of primary amides is 1. The number of nitrogens with one attached hydrogen (secondary N) is 6. The standard InChI is InChI=1S/C38H49N7O13/c1-21(33(50)42-19-31(48)41-18-29(39)46)43-34(51)27(44-37(55)58-38(2,3)4)13-15-40-30(47)14-16-56-32(49)17-28(35(52)53)45-36(54)57-20-26-24-11-7-5-9-22(24)23-10-6-8-12-25(23)26/h5-12,21,26-28H,13-20H2,1-4H3,(H2,39,46)(H,40,47)(H,41,48)(H,42,50)(H,43,51)(H,44,55)(H,45,54)(H,52,53)/t21-,27+,28-/m0/s1. The maximum Gasteiger partial charge on any atom is 0.408 e. The van der Waals surface area contributed by atoms with Gasteiger partial charge >= 0.3 is 24.1 Å². The van der Waals surface area contributed by atoms with Gasteiger partial charge in [-0.15, -0.1) is 0 Å². The van der Waals surface area contributed by atoms with Gasteiger partial charge in [0.15, 0.2) is 0 Å². The third-order valence-electron chi connectivity index (χ3n) is 8.29. The Kier molecular flexibility index (Phi) is 17.0. The average molecular weight is 812 g/mol. The van der Waals surface area contributed by atoms with Gasteiger partial charge < -0.3 is 57.0 Å². The number of carboxylic acid groups (broad SMARTS) is 1.